The Labute approximate surface area is 121 Å². The maximum absolute atomic E-state index is 12.6. The molecule has 0 saturated carbocycles. The first kappa shape index (κ1) is 14.3. The highest BCUT2D eigenvalue weighted by Gasteiger charge is 2.20. The minimum Gasteiger partial charge on any atom is -0.299 e. The lowest BCUT2D eigenvalue weighted by Gasteiger charge is -2.16. The first-order valence-corrected chi connectivity index (χ1v) is 6.93. The van der Waals surface area contributed by atoms with Crippen molar-refractivity contribution in [3.05, 3.63) is 83.9 Å². The molecule has 1 atom stereocenters. The topological polar surface area (TPSA) is 17.1 Å². The monoisotopic (exact) mass is 264 g/mol. The van der Waals surface area contributed by atoms with Crippen molar-refractivity contribution in [3.8, 4) is 0 Å². The van der Waals surface area contributed by atoms with Crippen LogP contribution >= 0.6 is 0 Å². The molecule has 0 radical (unpaired) electrons. The molecular weight excluding hydrogens is 244 g/mol. The van der Waals surface area contributed by atoms with Crippen LogP contribution in [-0.4, -0.2) is 5.78 Å². The van der Waals surface area contributed by atoms with Crippen molar-refractivity contribution in [3.63, 3.8) is 0 Å². The third-order valence-electron chi connectivity index (χ3n) is 3.36. The first-order valence-electron chi connectivity index (χ1n) is 6.93. The Kier molecular flexibility index (Phi) is 4.89. The van der Waals surface area contributed by atoms with Crippen molar-refractivity contribution in [1.29, 1.82) is 0 Å². The number of benzene rings is 2. The third-order valence-corrected chi connectivity index (χ3v) is 3.36. The summed E-state index contributed by atoms with van der Waals surface area (Å²) in [5.74, 6) is 0.166. The predicted octanol–water partition coefficient (Wildman–Crippen LogP) is 4.55. The summed E-state index contributed by atoms with van der Waals surface area (Å²) in [4.78, 5) is 12.6. The minimum absolute atomic E-state index is 0.0890. The third kappa shape index (κ3) is 3.92. The highest BCUT2D eigenvalue weighted by molar-refractivity contribution is 5.87. The Bertz CT molecular complexity index is 569. The molecule has 0 amide bonds. The molecule has 0 heterocycles. The largest absolute Gasteiger partial charge is 0.299 e. The van der Waals surface area contributed by atoms with Crippen molar-refractivity contribution in [2.75, 3.05) is 0 Å². The molecule has 1 heteroatoms. The molecule has 1 nitrogen and oxygen atoms in total. The number of Topliss-reactive ketones (excluding diaryl/α,β-unsaturated/α-hetero) is 1. The maximum Gasteiger partial charge on any atom is 0.145 e. The molecule has 0 N–H and O–H groups in total. The van der Waals surface area contributed by atoms with E-state index < -0.39 is 0 Å². The second-order valence-electron chi connectivity index (χ2n) is 5.25. The summed E-state index contributed by atoms with van der Waals surface area (Å²) in [5.41, 5.74) is 3.19. The lowest BCUT2D eigenvalue weighted by atomic mass is 9.86. The molecule has 0 aliphatic carbocycles. The normalized spacial score (nSPS) is 11.8. The molecule has 0 aromatic heterocycles. The Balaban J connectivity index is 2.18. The van der Waals surface area contributed by atoms with Gasteiger partial charge in [0.05, 0.1) is 0 Å². The summed E-state index contributed by atoms with van der Waals surface area (Å²) in [6, 6.07) is 19.9. The SMILES string of the molecule is C=C(C)CC(C(=O)Cc1ccccc1)c1ccccc1. The summed E-state index contributed by atoms with van der Waals surface area (Å²) in [7, 11) is 0. The van der Waals surface area contributed by atoms with Crippen molar-refractivity contribution in [2.45, 2.75) is 25.7 Å². The van der Waals surface area contributed by atoms with Gasteiger partial charge in [-0.3, -0.25) is 4.79 Å². The van der Waals surface area contributed by atoms with E-state index in [1.165, 1.54) is 0 Å². The molecule has 20 heavy (non-hydrogen) atoms. The molecule has 0 aliphatic heterocycles. The second-order valence-corrected chi connectivity index (χ2v) is 5.25. The van der Waals surface area contributed by atoms with Gasteiger partial charge in [-0.1, -0.05) is 66.2 Å². The van der Waals surface area contributed by atoms with Crippen molar-refractivity contribution < 1.29 is 4.79 Å². The van der Waals surface area contributed by atoms with Gasteiger partial charge in [0.1, 0.15) is 5.78 Å². The van der Waals surface area contributed by atoms with Crippen LogP contribution in [0.2, 0.25) is 0 Å². The lowest BCUT2D eigenvalue weighted by Crippen LogP contribution is -2.15. The average Bonchev–Trinajstić information content (AvgIpc) is 2.46. The van der Waals surface area contributed by atoms with Gasteiger partial charge in [-0.2, -0.15) is 0 Å². The first-order chi connectivity index (χ1) is 9.66. The zero-order chi connectivity index (χ0) is 14.4. The summed E-state index contributed by atoms with van der Waals surface area (Å²) in [6.07, 6.45) is 1.20. The molecule has 102 valence electrons. The summed E-state index contributed by atoms with van der Waals surface area (Å²) in [5, 5.41) is 0. The van der Waals surface area contributed by atoms with Crippen LogP contribution in [0.3, 0.4) is 0 Å². The molecular formula is C19H20O. The zero-order valence-corrected chi connectivity index (χ0v) is 11.9. The van der Waals surface area contributed by atoms with Crippen LogP contribution in [0.1, 0.15) is 30.4 Å². The van der Waals surface area contributed by atoms with Gasteiger partial charge < -0.3 is 0 Å². The molecule has 2 aromatic rings. The van der Waals surface area contributed by atoms with E-state index in [-0.39, 0.29) is 11.7 Å². The minimum atomic E-state index is -0.0890. The molecule has 0 saturated heterocycles. The smallest absolute Gasteiger partial charge is 0.145 e. The molecule has 0 bridgehead atoms. The highest BCUT2D eigenvalue weighted by atomic mass is 16.1. The fourth-order valence-corrected chi connectivity index (χ4v) is 2.37. The van der Waals surface area contributed by atoms with Crippen molar-refractivity contribution in [1.82, 2.24) is 0 Å². The molecule has 2 aromatic carbocycles. The van der Waals surface area contributed by atoms with Gasteiger partial charge in [0.2, 0.25) is 0 Å². The van der Waals surface area contributed by atoms with Crippen LogP contribution in [0.15, 0.2) is 72.8 Å². The number of allylic oxidation sites excluding steroid dienone is 1. The fourth-order valence-electron chi connectivity index (χ4n) is 2.37. The molecule has 2 rings (SSSR count). The van der Waals surface area contributed by atoms with E-state index in [0.717, 1.165) is 23.1 Å². The predicted molar refractivity (Wildman–Crippen MR) is 83.8 cm³/mol. The van der Waals surface area contributed by atoms with Crippen molar-refractivity contribution >= 4 is 5.78 Å². The van der Waals surface area contributed by atoms with Gasteiger partial charge in [-0.15, -0.1) is 6.58 Å². The second kappa shape index (κ2) is 6.85. The standard InChI is InChI=1S/C19H20O/c1-15(2)13-18(17-11-7-4-8-12-17)19(20)14-16-9-5-3-6-10-16/h3-12,18H,1,13-14H2,2H3. The van der Waals surface area contributed by atoms with Crippen LogP contribution in [0, 0.1) is 0 Å². The Morgan fingerprint density at radius 2 is 1.55 bits per heavy atom. The number of rotatable bonds is 6. The Morgan fingerprint density at radius 1 is 1.00 bits per heavy atom. The van der Waals surface area contributed by atoms with Crippen LogP contribution < -0.4 is 0 Å². The number of hydrogen-bond acceptors (Lipinski definition) is 1. The van der Waals surface area contributed by atoms with E-state index in [0.29, 0.717) is 6.42 Å². The van der Waals surface area contributed by atoms with Crippen LogP contribution in [-0.2, 0) is 11.2 Å². The number of carbonyl (C=O) groups is 1. The number of hydrogen-bond donors (Lipinski definition) is 0. The summed E-state index contributed by atoms with van der Waals surface area (Å²) < 4.78 is 0. The maximum atomic E-state index is 12.6. The molecule has 0 aliphatic rings. The van der Waals surface area contributed by atoms with Gasteiger partial charge in [0.25, 0.3) is 0 Å². The number of carbonyl (C=O) groups excluding carboxylic acids is 1. The van der Waals surface area contributed by atoms with Gasteiger partial charge >= 0.3 is 0 Å². The van der Waals surface area contributed by atoms with Crippen LogP contribution in [0.25, 0.3) is 0 Å². The summed E-state index contributed by atoms with van der Waals surface area (Å²) >= 11 is 0. The van der Waals surface area contributed by atoms with Gasteiger partial charge in [0, 0.05) is 12.3 Å². The van der Waals surface area contributed by atoms with Gasteiger partial charge in [-0.25, -0.2) is 0 Å². The quantitative estimate of drug-likeness (QED) is 0.700. The summed E-state index contributed by atoms with van der Waals surface area (Å²) in [6.45, 7) is 5.94. The highest BCUT2D eigenvalue weighted by Crippen LogP contribution is 2.25. The Morgan fingerprint density at radius 3 is 2.10 bits per heavy atom. The van der Waals surface area contributed by atoms with E-state index in [2.05, 4.69) is 6.58 Å². The van der Waals surface area contributed by atoms with Crippen LogP contribution in [0.5, 0.6) is 0 Å². The Hall–Kier alpha value is -2.15. The van der Waals surface area contributed by atoms with Gasteiger partial charge in [0.15, 0.2) is 0 Å². The van der Waals surface area contributed by atoms with E-state index >= 15 is 0 Å². The lowest BCUT2D eigenvalue weighted by molar-refractivity contribution is -0.119. The van der Waals surface area contributed by atoms with Crippen LogP contribution in [0.4, 0.5) is 0 Å². The van der Waals surface area contributed by atoms with E-state index in [4.69, 9.17) is 0 Å². The van der Waals surface area contributed by atoms with Crippen molar-refractivity contribution in [2.24, 2.45) is 0 Å². The van der Waals surface area contributed by atoms with E-state index in [1.54, 1.807) is 0 Å². The molecule has 0 fully saturated rings. The molecule has 1 unspecified atom stereocenters. The average molecular weight is 264 g/mol. The zero-order valence-electron chi connectivity index (χ0n) is 11.9. The van der Waals surface area contributed by atoms with E-state index in [9.17, 15) is 4.79 Å². The van der Waals surface area contributed by atoms with E-state index in [1.807, 2.05) is 67.6 Å². The molecule has 0 spiro atoms. The number of ketones is 1. The van der Waals surface area contributed by atoms with Gasteiger partial charge in [-0.05, 0) is 24.5 Å². The fraction of sp³-hybridized carbons (Fsp3) is 0.211.